The van der Waals surface area contributed by atoms with Gasteiger partial charge in [-0.2, -0.15) is 12.9 Å². The Morgan fingerprint density at radius 2 is 1.55 bits per heavy atom. The van der Waals surface area contributed by atoms with Crippen molar-refractivity contribution in [1.29, 1.82) is 5.53 Å². The molecule has 2 saturated heterocycles. The number of aromatic amines is 1. The van der Waals surface area contributed by atoms with E-state index in [9.17, 15) is 57.6 Å². The number of H-pyrrole nitrogens is 1. The first-order chi connectivity index (χ1) is 24.6. The molecule has 29 nitrogen and oxygen atoms in total. The molecule has 4 unspecified atom stereocenters. The van der Waals surface area contributed by atoms with E-state index in [1.54, 1.807) is 0 Å². The standard InChI is InChI=1S/C20H28N10O19P4/c1-8-3-29(20(34)26-18(8)33)12-2-9(27-28-22)10(45-12)4-43-50(35,36)47-52(39,40)49-53(41,42)48-51(37,38)44-5-11-14(31)15(32)19(46-11)30-7-25-13-16(21)23-6-24-17(13)30/h3,6-7,9-12,14-15,19,22,31-32H,2,4-5H2,1H3,(H6-,21,23,24,26,33,34,35,36,37,38,39,40,41,42)/p+1/t9-,10+,11+,12+,14+,15+,19+/m0/s1. The zero-order valence-corrected chi connectivity index (χ0v) is 30.0. The second-order valence-corrected chi connectivity index (χ2v) is 17.2. The van der Waals surface area contributed by atoms with Crippen LogP contribution in [0.15, 0.2) is 33.6 Å². The molecule has 2 aliphatic heterocycles. The molecule has 0 bridgehead atoms. The molecule has 0 radical (unpaired) electrons. The number of nitrogen functional groups attached to an aromatic ring is 1. The van der Waals surface area contributed by atoms with Gasteiger partial charge in [-0.25, -0.2) is 38.0 Å². The maximum Gasteiger partial charge on any atom is 0.490 e. The monoisotopic (exact) mass is 837 g/mol. The zero-order chi connectivity index (χ0) is 39.1. The first kappa shape index (κ1) is 40.9. The van der Waals surface area contributed by atoms with Crippen molar-refractivity contribution in [2.75, 3.05) is 18.9 Å². The SMILES string of the molecule is Cc1cn([C@H]2C[C@H](N=[N+]=N)[C@@H](COP(=O)(O)OP(=O)(O)OP(=O)(O)OP(=O)(O)OC[C@H]3O[C@@H](n4cnc5c(N)ncnc54)[C@H](O)[C@@H]3O)O2)c(=O)[nH]c1=O. The number of nitrogens with one attached hydrogen (secondary N) is 2. The van der Waals surface area contributed by atoms with Crippen molar-refractivity contribution in [2.24, 2.45) is 5.11 Å². The van der Waals surface area contributed by atoms with Gasteiger partial charge in [-0.1, -0.05) is 0 Å². The number of aliphatic hydroxyl groups excluding tert-OH is 2. The Balaban J connectivity index is 1.15. The lowest BCUT2D eigenvalue weighted by Gasteiger charge is -2.21. The number of aryl methyl sites for hydroxylation is 1. The highest BCUT2D eigenvalue weighted by Crippen LogP contribution is 2.71. The van der Waals surface area contributed by atoms with Crippen molar-refractivity contribution >= 4 is 48.3 Å². The van der Waals surface area contributed by atoms with Crippen LogP contribution in [0.3, 0.4) is 0 Å². The molecule has 2 fully saturated rings. The summed E-state index contributed by atoms with van der Waals surface area (Å²) in [5.41, 5.74) is 11.5. The minimum absolute atomic E-state index is 0.0164. The number of imidazole rings is 1. The molecule has 5 rings (SSSR count). The van der Waals surface area contributed by atoms with E-state index in [2.05, 4.69) is 47.0 Å². The fourth-order valence-corrected chi connectivity index (χ4v) is 9.94. The van der Waals surface area contributed by atoms with E-state index >= 15 is 0 Å². The van der Waals surface area contributed by atoms with E-state index in [-0.39, 0.29) is 29.0 Å². The van der Waals surface area contributed by atoms with Crippen LogP contribution in [0.25, 0.3) is 11.2 Å². The summed E-state index contributed by atoms with van der Waals surface area (Å²) in [6.07, 6.45) is -5.86. The molecule has 0 aromatic carbocycles. The second kappa shape index (κ2) is 15.5. The molecule has 3 aromatic heterocycles. The van der Waals surface area contributed by atoms with E-state index in [0.717, 1.165) is 28.0 Å². The highest BCUT2D eigenvalue weighted by atomic mass is 31.3. The van der Waals surface area contributed by atoms with Gasteiger partial charge in [-0.15, -0.1) is 0 Å². The summed E-state index contributed by atoms with van der Waals surface area (Å²) in [7, 11) is -23.9. The molecule has 292 valence electrons. The van der Waals surface area contributed by atoms with Gasteiger partial charge in [0.05, 0.1) is 19.5 Å². The third-order valence-electron chi connectivity index (χ3n) is 7.29. The van der Waals surface area contributed by atoms with Crippen molar-refractivity contribution in [1.82, 2.24) is 34.0 Å². The highest BCUT2D eigenvalue weighted by Gasteiger charge is 2.49. The number of hydrogen-bond acceptors (Lipinski definition) is 21. The van der Waals surface area contributed by atoms with Gasteiger partial charge in [0.25, 0.3) is 5.56 Å². The largest absolute Gasteiger partial charge is 0.490 e. The summed E-state index contributed by atoms with van der Waals surface area (Å²) in [5.74, 6) is -0.0164. The van der Waals surface area contributed by atoms with Crippen molar-refractivity contribution in [2.45, 2.75) is 56.3 Å². The number of anilines is 1. The number of fused-ring (bicyclic) bond motifs is 1. The lowest BCUT2D eigenvalue weighted by Crippen LogP contribution is -2.33. The molecular formula is C20H29N10O19P4+. The predicted octanol–water partition coefficient (Wildman–Crippen LogP) is -1.42. The predicted molar refractivity (Wildman–Crippen MR) is 166 cm³/mol. The van der Waals surface area contributed by atoms with Crippen molar-refractivity contribution in [3.63, 3.8) is 0 Å². The van der Waals surface area contributed by atoms with E-state index in [4.69, 9.17) is 20.7 Å². The fourth-order valence-electron chi connectivity index (χ4n) is 4.99. The van der Waals surface area contributed by atoms with Crippen LogP contribution in [-0.2, 0) is 49.7 Å². The fraction of sp³-hybridized carbons (Fsp3) is 0.550. The number of phosphoric ester groups is 2. The van der Waals surface area contributed by atoms with Crippen LogP contribution in [0, 0.1) is 12.5 Å². The van der Waals surface area contributed by atoms with Gasteiger partial charge >= 0.3 is 37.0 Å². The summed E-state index contributed by atoms with van der Waals surface area (Å²) in [6, 6.07) is -1.11. The summed E-state index contributed by atoms with van der Waals surface area (Å²) >= 11 is 0. The van der Waals surface area contributed by atoms with Gasteiger partial charge in [0.1, 0.15) is 53.1 Å². The Morgan fingerprint density at radius 3 is 2.17 bits per heavy atom. The minimum Gasteiger partial charge on any atom is -0.387 e. The van der Waals surface area contributed by atoms with Crippen molar-refractivity contribution in [3.05, 3.63) is 45.3 Å². The molecule has 53 heavy (non-hydrogen) atoms. The van der Waals surface area contributed by atoms with Crippen LogP contribution in [-0.4, -0.2) is 103 Å². The maximum atomic E-state index is 12.5. The molecular weight excluding hydrogens is 808 g/mol. The number of hydrogen-bond donors (Lipinski definition) is 9. The molecule has 0 aliphatic carbocycles. The Morgan fingerprint density at radius 1 is 0.943 bits per heavy atom. The van der Waals surface area contributed by atoms with Gasteiger partial charge in [0.2, 0.25) is 4.91 Å². The van der Waals surface area contributed by atoms with Crippen molar-refractivity contribution in [3.8, 4) is 0 Å². The molecule has 0 amide bonds. The van der Waals surface area contributed by atoms with Gasteiger partial charge in [0, 0.05) is 18.2 Å². The Hall–Kier alpha value is -3.26. The van der Waals surface area contributed by atoms with Gasteiger partial charge in [-0.05, 0) is 6.92 Å². The summed E-state index contributed by atoms with van der Waals surface area (Å²) in [4.78, 5) is 80.2. The molecule has 0 spiro atoms. The first-order valence-electron chi connectivity index (χ1n) is 14.3. The van der Waals surface area contributed by atoms with Gasteiger partial charge in [-0.3, -0.25) is 28.0 Å². The van der Waals surface area contributed by atoms with E-state index < -0.39 is 98.7 Å². The average Bonchev–Trinajstić information content (AvgIpc) is 3.72. The Labute approximate surface area is 292 Å². The normalized spacial score (nSPS) is 29.2. The van der Waals surface area contributed by atoms with Crippen LogP contribution in [0.2, 0.25) is 0 Å². The average molecular weight is 837 g/mol. The second-order valence-electron chi connectivity index (χ2n) is 11.0. The number of rotatable bonds is 15. The lowest BCUT2D eigenvalue weighted by atomic mass is 10.1. The Bertz CT molecular complexity index is 2230. The summed E-state index contributed by atoms with van der Waals surface area (Å²) in [6.45, 7) is -0.721. The summed E-state index contributed by atoms with van der Waals surface area (Å²) < 4.78 is 83.5. The van der Waals surface area contributed by atoms with E-state index in [1.165, 1.54) is 6.92 Å². The molecule has 10 N–H and O–H groups in total. The summed E-state index contributed by atoms with van der Waals surface area (Å²) in [5, 5.41) is 24.4. The molecule has 3 aromatic rings. The minimum atomic E-state index is -6.19. The molecule has 0 saturated carbocycles. The van der Waals surface area contributed by atoms with Crippen molar-refractivity contribution < 1.29 is 79.5 Å². The number of ether oxygens (including phenoxy) is 2. The van der Waals surface area contributed by atoms with Gasteiger partial charge in [0.15, 0.2) is 23.7 Å². The topological polar surface area (TPSA) is 429 Å². The van der Waals surface area contributed by atoms with Crippen LogP contribution in [0.1, 0.15) is 24.4 Å². The quantitative estimate of drug-likeness (QED) is 0.0481. The first-order valence-corrected chi connectivity index (χ1v) is 20.3. The third kappa shape index (κ3) is 9.71. The number of nitrogens with zero attached hydrogens (tertiary/aromatic N) is 7. The van der Waals surface area contributed by atoms with Crippen LogP contribution in [0.4, 0.5) is 5.82 Å². The van der Waals surface area contributed by atoms with E-state index in [1.807, 2.05) is 4.98 Å². The number of aromatic nitrogens is 6. The van der Waals surface area contributed by atoms with Crippen LogP contribution < -0.4 is 21.9 Å². The van der Waals surface area contributed by atoms with Crippen LogP contribution >= 0.6 is 31.3 Å². The Kier molecular flexibility index (Phi) is 11.9. The number of nitrogens with two attached hydrogens (primary N) is 1. The molecule has 2 aliphatic rings. The molecule has 5 heterocycles. The molecule has 33 heteroatoms. The molecule has 11 atom stereocenters. The number of phosphoric acid groups is 4. The highest BCUT2D eigenvalue weighted by molar-refractivity contribution is 7.69. The zero-order valence-electron chi connectivity index (χ0n) is 26.4. The maximum absolute atomic E-state index is 12.5. The third-order valence-corrected chi connectivity index (χ3v) is 13.2. The number of aliphatic hydroxyl groups is 2. The van der Waals surface area contributed by atoms with Crippen LogP contribution in [0.5, 0.6) is 0 Å². The van der Waals surface area contributed by atoms with Gasteiger partial charge < -0.3 is 45.0 Å². The lowest BCUT2D eigenvalue weighted by molar-refractivity contribution is -0.0503. The smallest absolute Gasteiger partial charge is 0.387 e. The van der Waals surface area contributed by atoms with E-state index in [0.29, 0.717) is 0 Å².